The number of halogens is 1. The molecule has 2 heterocycles. The first-order valence-electron chi connectivity index (χ1n) is 4.39. The van der Waals surface area contributed by atoms with Crippen LogP contribution in [0.25, 0.3) is 0 Å². The molecular formula is C9H9BrN4O. The summed E-state index contributed by atoms with van der Waals surface area (Å²) in [7, 11) is 0. The van der Waals surface area contributed by atoms with Gasteiger partial charge in [-0.2, -0.15) is 4.98 Å². The SMILES string of the molecule is Cc1noc(CNc2cccc(Br)n2)n1. The van der Waals surface area contributed by atoms with Crippen LogP contribution in [0.15, 0.2) is 27.3 Å². The fourth-order valence-electron chi connectivity index (χ4n) is 1.08. The molecule has 0 aromatic carbocycles. The standard InChI is InChI=1S/C9H9BrN4O/c1-6-12-9(15-14-6)5-11-8-4-2-3-7(10)13-8/h2-4H,5H2,1H3,(H,11,13). The molecule has 0 atom stereocenters. The van der Waals surface area contributed by atoms with Gasteiger partial charge in [0.2, 0.25) is 5.89 Å². The summed E-state index contributed by atoms with van der Waals surface area (Å²) in [6.45, 7) is 2.26. The number of aryl methyl sites for hydroxylation is 1. The summed E-state index contributed by atoms with van der Waals surface area (Å²) >= 11 is 3.29. The highest BCUT2D eigenvalue weighted by Crippen LogP contribution is 2.10. The van der Waals surface area contributed by atoms with Crippen molar-refractivity contribution < 1.29 is 4.52 Å². The van der Waals surface area contributed by atoms with E-state index < -0.39 is 0 Å². The van der Waals surface area contributed by atoms with Gasteiger partial charge in [-0.15, -0.1) is 0 Å². The van der Waals surface area contributed by atoms with Crippen LogP contribution in [0.3, 0.4) is 0 Å². The van der Waals surface area contributed by atoms with Gasteiger partial charge < -0.3 is 9.84 Å². The molecule has 2 aromatic rings. The van der Waals surface area contributed by atoms with E-state index in [0.717, 1.165) is 10.4 Å². The average molecular weight is 269 g/mol. The highest BCUT2D eigenvalue weighted by molar-refractivity contribution is 9.10. The number of rotatable bonds is 3. The lowest BCUT2D eigenvalue weighted by atomic mass is 10.4. The summed E-state index contributed by atoms with van der Waals surface area (Å²) in [5.74, 6) is 1.95. The lowest BCUT2D eigenvalue weighted by Gasteiger charge is -2.01. The molecule has 0 fully saturated rings. The van der Waals surface area contributed by atoms with Crippen molar-refractivity contribution in [1.29, 1.82) is 0 Å². The Morgan fingerprint density at radius 3 is 2.93 bits per heavy atom. The van der Waals surface area contributed by atoms with Crippen molar-refractivity contribution in [3.8, 4) is 0 Å². The minimum Gasteiger partial charge on any atom is -0.361 e. The molecule has 0 aliphatic heterocycles. The Morgan fingerprint density at radius 2 is 2.27 bits per heavy atom. The van der Waals surface area contributed by atoms with Crippen molar-refractivity contribution in [2.75, 3.05) is 5.32 Å². The maximum Gasteiger partial charge on any atom is 0.245 e. The van der Waals surface area contributed by atoms with Crippen LogP contribution in [-0.2, 0) is 6.54 Å². The Morgan fingerprint density at radius 1 is 1.40 bits per heavy atom. The van der Waals surface area contributed by atoms with E-state index in [1.54, 1.807) is 6.92 Å². The third kappa shape index (κ3) is 2.76. The van der Waals surface area contributed by atoms with E-state index in [4.69, 9.17) is 4.52 Å². The van der Waals surface area contributed by atoms with Crippen molar-refractivity contribution >= 4 is 21.7 Å². The van der Waals surface area contributed by atoms with Gasteiger partial charge in [0.25, 0.3) is 0 Å². The topological polar surface area (TPSA) is 63.8 Å². The number of aromatic nitrogens is 3. The molecule has 0 bridgehead atoms. The Hall–Kier alpha value is -1.43. The van der Waals surface area contributed by atoms with Crippen LogP contribution >= 0.6 is 15.9 Å². The average Bonchev–Trinajstić information content (AvgIpc) is 2.62. The van der Waals surface area contributed by atoms with E-state index in [2.05, 4.69) is 36.4 Å². The summed E-state index contributed by atoms with van der Waals surface area (Å²) in [6, 6.07) is 5.63. The summed E-state index contributed by atoms with van der Waals surface area (Å²) in [5, 5.41) is 6.77. The van der Waals surface area contributed by atoms with Gasteiger partial charge in [0.05, 0.1) is 6.54 Å². The molecule has 0 aliphatic rings. The van der Waals surface area contributed by atoms with E-state index in [1.165, 1.54) is 0 Å². The van der Waals surface area contributed by atoms with E-state index in [1.807, 2.05) is 18.2 Å². The second-order valence-electron chi connectivity index (χ2n) is 2.93. The number of pyridine rings is 1. The fraction of sp³-hybridized carbons (Fsp3) is 0.222. The Labute approximate surface area is 95.0 Å². The van der Waals surface area contributed by atoms with E-state index >= 15 is 0 Å². The second kappa shape index (κ2) is 4.39. The lowest BCUT2D eigenvalue weighted by Crippen LogP contribution is -2.01. The van der Waals surface area contributed by atoms with Crippen molar-refractivity contribution in [3.05, 3.63) is 34.5 Å². The maximum absolute atomic E-state index is 4.95. The molecule has 0 spiro atoms. The minimum absolute atomic E-state index is 0.476. The van der Waals surface area contributed by atoms with Gasteiger partial charge in [-0.05, 0) is 35.0 Å². The first kappa shape index (κ1) is 10.1. The van der Waals surface area contributed by atoms with Gasteiger partial charge in [0, 0.05) is 0 Å². The second-order valence-corrected chi connectivity index (χ2v) is 3.75. The molecule has 0 amide bonds. The quantitative estimate of drug-likeness (QED) is 0.865. The Bertz CT molecular complexity index is 457. The number of nitrogens with one attached hydrogen (secondary N) is 1. The predicted octanol–water partition coefficient (Wildman–Crippen LogP) is 2.15. The number of nitrogens with zero attached hydrogens (tertiary/aromatic N) is 3. The van der Waals surface area contributed by atoms with Crippen molar-refractivity contribution in [1.82, 2.24) is 15.1 Å². The largest absolute Gasteiger partial charge is 0.361 e. The summed E-state index contributed by atoms with van der Waals surface area (Å²) < 4.78 is 5.74. The van der Waals surface area contributed by atoms with Gasteiger partial charge in [-0.1, -0.05) is 11.2 Å². The maximum atomic E-state index is 4.95. The van der Waals surface area contributed by atoms with Crippen molar-refractivity contribution in [3.63, 3.8) is 0 Å². The van der Waals surface area contributed by atoms with Crippen LogP contribution in [0.5, 0.6) is 0 Å². The molecule has 0 unspecified atom stereocenters. The van der Waals surface area contributed by atoms with Crippen LogP contribution in [0.1, 0.15) is 11.7 Å². The van der Waals surface area contributed by atoms with Crippen LogP contribution in [0, 0.1) is 6.92 Å². The molecule has 0 aliphatic carbocycles. The normalized spacial score (nSPS) is 10.3. The molecule has 5 nitrogen and oxygen atoms in total. The summed E-state index contributed by atoms with van der Waals surface area (Å²) in [6.07, 6.45) is 0. The highest BCUT2D eigenvalue weighted by atomic mass is 79.9. The molecular weight excluding hydrogens is 260 g/mol. The van der Waals surface area contributed by atoms with Gasteiger partial charge in [0.15, 0.2) is 5.82 Å². The third-order valence-electron chi connectivity index (χ3n) is 1.71. The molecule has 0 saturated carbocycles. The van der Waals surface area contributed by atoms with Crippen LogP contribution in [-0.4, -0.2) is 15.1 Å². The zero-order chi connectivity index (χ0) is 10.7. The zero-order valence-electron chi connectivity index (χ0n) is 8.07. The van der Waals surface area contributed by atoms with E-state index in [0.29, 0.717) is 18.3 Å². The van der Waals surface area contributed by atoms with Gasteiger partial charge in [-0.25, -0.2) is 4.98 Å². The van der Waals surface area contributed by atoms with Gasteiger partial charge >= 0.3 is 0 Å². The molecule has 2 rings (SSSR count). The number of hydrogen-bond donors (Lipinski definition) is 1. The predicted molar refractivity (Wildman–Crippen MR) is 58.3 cm³/mol. The molecule has 6 heteroatoms. The van der Waals surface area contributed by atoms with Crippen LogP contribution in [0.4, 0.5) is 5.82 Å². The van der Waals surface area contributed by atoms with E-state index in [-0.39, 0.29) is 0 Å². The molecule has 2 aromatic heterocycles. The first-order valence-corrected chi connectivity index (χ1v) is 5.19. The zero-order valence-corrected chi connectivity index (χ0v) is 9.65. The smallest absolute Gasteiger partial charge is 0.245 e. The number of anilines is 1. The molecule has 15 heavy (non-hydrogen) atoms. The number of hydrogen-bond acceptors (Lipinski definition) is 5. The third-order valence-corrected chi connectivity index (χ3v) is 2.15. The van der Waals surface area contributed by atoms with Crippen molar-refractivity contribution in [2.24, 2.45) is 0 Å². The Balaban J connectivity index is 1.99. The summed E-state index contributed by atoms with van der Waals surface area (Å²) in [4.78, 5) is 8.28. The van der Waals surface area contributed by atoms with Gasteiger partial charge in [0.1, 0.15) is 10.4 Å². The highest BCUT2D eigenvalue weighted by Gasteiger charge is 2.02. The minimum atomic E-state index is 0.476. The first-order chi connectivity index (χ1) is 7.24. The monoisotopic (exact) mass is 268 g/mol. The van der Waals surface area contributed by atoms with Crippen LogP contribution in [0.2, 0.25) is 0 Å². The van der Waals surface area contributed by atoms with E-state index in [9.17, 15) is 0 Å². The van der Waals surface area contributed by atoms with Crippen LogP contribution < -0.4 is 5.32 Å². The van der Waals surface area contributed by atoms with Gasteiger partial charge in [-0.3, -0.25) is 0 Å². The molecule has 0 saturated heterocycles. The molecule has 78 valence electrons. The molecule has 0 radical (unpaired) electrons. The van der Waals surface area contributed by atoms with Crippen molar-refractivity contribution in [2.45, 2.75) is 13.5 Å². The molecule has 1 N–H and O–H groups in total. The Kier molecular flexibility index (Phi) is 2.96. The summed E-state index contributed by atoms with van der Waals surface area (Å²) in [5.41, 5.74) is 0. The fourth-order valence-corrected chi connectivity index (χ4v) is 1.43. The lowest BCUT2D eigenvalue weighted by molar-refractivity contribution is 0.379.